The van der Waals surface area contributed by atoms with Gasteiger partial charge in [0, 0.05) is 18.8 Å². The minimum absolute atomic E-state index is 0.0133. The average Bonchev–Trinajstić information content (AvgIpc) is 2.53. The van der Waals surface area contributed by atoms with E-state index in [1.165, 1.54) is 12.3 Å². The predicted molar refractivity (Wildman–Crippen MR) is 91.0 cm³/mol. The van der Waals surface area contributed by atoms with Gasteiger partial charge in [-0.25, -0.2) is 9.97 Å². The van der Waals surface area contributed by atoms with E-state index in [0.717, 1.165) is 6.07 Å². The molecule has 0 saturated heterocycles. The molecule has 0 radical (unpaired) electrons. The summed E-state index contributed by atoms with van der Waals surface area (Å²) in [4.78, 5) is 19.4. The Morgan fingerprint density at radius 2 is 1.96 bits per heavy atom. The molecule has 11 heteroatoms. The summed E-state index contributed by atoms with van der Waals surface area (Å²) in [6, 6.07) is 2.88. The molecule has 1 amide bonds. The lowest BCUT2D eigenvalue weighted by molar-refractivity contribution is -0.137. The standard InChI is InChI=1S/C15H11Cl3F3N3O2/c16-9-2-4-22-13(18)12(9)14(25)23-3-1-5-26-11-7-8(15(19,20)21)6-10(17)24-11/h2,4,6-7H,1,3,5H2,(H,23,25). The van der Waals surface area contributed by atoms with Crippen LogP contribution in [0.5, 0.6) is 5.88 Å². The van der Waals surface area contributed by atoms with Crippen molar-refractivity contribution in [3.63, 3.8) is 0 Å². The number of amides is 1. The highest BCUT2D eigenvalue weighted by Gasteiger charge is 2.31. The van der Waals surface area contributed by atoms with Crippen molar-refractivity contribution in [1.82, 2.24) is 15.3 Å². The molecule has 5 nitrogen and oxygen atoms in total. The van der Waals surface area contributed by atoms with Gasteiger partial charge in [-0.1, -0.05) is 34.8 Å². The monoisotopic (exact) mass is 427 g/mol. The molecule has 0 atom stereocenters. The SMILES string of the molecule is O=C(NCCCOc1cc(C(F)(F)F)cc(Cl)n1)c1c(Cl)ccnc1Cl. The highest BCUT2D eigenvalue weighted by Crippen LogP contribution is 2.32. The van der Waals surface area contributed by atoms with Crippen molar-refractivity contribution >= 4 is 40.7 Å². The molecule has 0 spiro atoms. The summed E-state index contributed by atoms with van der Waals surface area (Å²) in [6.07, 6.45) is -2.89. The van der Waals surface area contributed by atoms with E-state index in [0.29, 0.717) is 12.5 Å². The zero-order valence-electron chi connectivity index (χ0n) is 12.9. The number of pyridine rings is 2. The Hall–Kier alpha value is -1.77. The molecule has 2 aromatic heterocycles. The number of carbonyl (C=O) groups excluding carboxylic acids is 1. The van der Waals surface area contributed by atoms with Crippen LogP contribution in [0.25, 0.3) is 0 Å². The molecule has 140 valence electrons. The Morgan fingerprint density at radius 3 is 2.62 bits per heavy atom. The molecule has 0 aliphatic carbocycles. The molecule has 0 aliphatic rings. The summed E-state index contributed by atoms with van der Waals surface area (Å²) >= 11 is 17.3. The van der Waals surface area contributed by atoms with Gasteiger partial charge in [0.25, 0.3) is 5.91 Å². The largest absolute Gasteiger partial charge is 0.478 e. The number of carbonyl (C=O) groups is 1. The second kappa shape index (κ2) is 8.75. The topological polar surface area (TPSA) is 64.1 Å². The van der Waals surface area contributed by atoms with E-state index >= 15 is 0 Å². The third-order valence-electron chi connectivity index (χ3n) is 3.04. The lowest BCUT2D eigenvalue weighted by Crippen LogP contribution is -2.26. The highest BCUT2D eigenvalue weighted by molar-refractivity contribution is 6.38. The van der Waals surface area contributed by atoms with Crippen LogP contribution >= 0.6 is 34.8 Å². The van der Waals surface area contributed by atoms with Crippen LogP contribution in [0.15, 0.2) is 24.4 Å². The molecular formula is C15H11Cl3F3N3O2. The van der Waals surface area contributed by atoms with Crippen molar-refractivity contribution in [2.24, 2.45) is 0 Å². The second-order valence-electron chi connectivity index (χ2n) is 4.93. The fourth-order valence-electron chi connectivity index (χ4n) is 1.87. The number of hydrogen-bond donors (Lipinski definition) is 1. The Morgan fingerprint density at radius 1 is 1.23 bits per heavy atom. The fourth-order valence-corrected chi connectivity index (χ4v) is 2.59. The van der Waals surface area contributed by atoms with Gasteiger partial charge in [0.2, 0.25) is 5.88 Å². The van der Waals surface area contributed by atoms with Gasteiger partial charge < -0.3 is 10.1 Å². The summed E-state index contributed by atoms with van der Waals surface area (Å²) in [6.45, 7) is 0.187. The zero-order valence-corrected chi connectivity index (χ0v) is 15.2. The molecule has 2 heterocycles. The lowest BCUT2D eigenvalue weighted by atomic mass is 10.2. The fraction of sp³-hybridized carbons (Fsp3) is 0.267. The van der Waals surface area contributed by atoms with Crippen LogP contribution in [0.3, 0.4) is 0 Å². The van der Waals surface area contributed by atoms with Crippen LogP contribution in [0.1, 0.15) is 22.3 Å². The van der Waals surface area contributed by atoms with Gasteiger partial charge >= 0.3 is 6.18 Å². The van der Waals surface area contributed by atoms with Gasteiger partial charge in [-0.05, 0) is 18.6 Å². The first-order chi connectivity index (χ1) is 12.2. The highest BCUT2D eigenvalue weighted by atomic mass is 35.5. The third-order valence-corrected chi connectivity index (χ3v) is 3.83. The molecule has 2 rings (SSSR count). The molecule has 0 bridgehead atoms. The first kappa shape index (κ1) is 20.5. The first-order valence-corrected chi connectivity index (χ1v) is 8.27. The first-order valence-electron chi connectivity index (χ1n) is 7.14. The van der Waals surface area contributed by atoms with E-state index < -0.39 is 17.6 Å². The van der Waals surface area contributed by atoms with Crippen molar-refractivity contribution in [3.8, 4) is 5.88 Å². The van der Waals surface area contributed by atoms with Gasteiger partial charge in [0.05, 0.1) is 22.8 Å². The molecule has 0 saturated carbocycles. The van der Waals surface area contributed by atoms with Crippen LogP contribution < -0.4 is 10.1 Å². The summed E-state index contributed by atoms with van der Waals surface area (Å²) in [5.74, 6) is -0.775. The molecule has 0 fully saturated rings. The molecular weight excluding hydrogens is 418 g/mol. The zero-order chi connectivity index (χ0) is 19.3. The Kier molecular flexibility index (Phi) is 6.91. The van der Waals surface area contributed by atoms with Gasteiger partial charge in [-0.2, -0.15) is 13.2 Å². The summed E-state index contributed by atoms with van der Waals surface area (Å²) in [5, 5.41) is 2.35. The maximum absolute atomic E-state index is 12.7. The predicted octanol–water partition coefficient (Wildman–Crippen LogP) is 4.65. The molecule has 1 N–H and O–H groups in total. The number of alkyl halides is 3. The van der Waals surface area contributed by atoms with Gasteiger partial charge in [-0.15, -0.1) is 0 Å². The number of rotatable bonds is 6. The third kappa shape index (κ3) is 5.62. The van der Waals surface area contributed by atoms with Crippen LogP contribution in [-0.2, 0) is 6.18 Å². The van der Waals surface area contributed by atoms with Crippen LogP contribution in [0.4, 0.5) is 13.2 Å². The smallest absolute Gasteiger partial charge is 0.416 e. The maximum Gasteiger partial charge on any atom is 0.416 e. The number of halogens is 6. The normalized spacial score (nSPS) is 11.3. The van der Waals surface area contributed by atoms with Crippen molar-refractivity contribution in [3.05, 3.63) is 50.9 Å². The number of nitrogens with zero attached hydrogens (tertiary/aromatic N) is 2. The number of aromatic nitrogens is 2. The number of nitrogens with one attached hydrogen (secondary N) is 1. The average molecular weight is 429 g/mol. The van der Waals surface area contributed by atoms with Crippen molar-refractivity contribution in [2.75, 3.05) is 13.2 Å². The van der Waals surface area contributed by atoms with Gasteiger partial charge in [0.15, 0.2) is 0 Å². The molecule has 0 aliphatic heterocycles. The maximum atomic E-state index is 12.7. The Bertz CT molecular complexity index is 783. The molecule has 0 unspecified atom stereocenters. The van der Waals surface area contributed by atoms with E-state index in [-0.39, 0.29) is 39.9 Å². The Labute approximate surface area is 161 Å². The van der Waals surface area contributed by atoms with Gasteiger partial charge in [-0.3, -0.25) is 4.79 Å². The number of ether oxygens (including phenoxy) is 1. The quantitative estimate of drug-likeness (QED) is 0.537. The van der Waals surface area contributed by atoms with Crippen LogP contribution in [-0.4, -0.2) is 29.0 Å². The van der Waals surface area contributed by atoms with Crippen LogP contribution in [0.2, 0.25) is 15.3 Å². The summed E-state index contributed by atoms with van der Waals surface area (Å²) < 4.78 is 43.2. The van der Waals surface area contributed by atoms with E-state index in [1.54, 1.807) is 0 Å². The van der Waals surface area contributed by atoms with E-state index in [4.69, 9.17) is 39.5 Å². The minimum atomic E-state index is -4.55. The number of hydrogen-bond acceptors (Lipinski definition) is 4. The van der Waals surface area contributed by atoms with E-state index in [9.17, 15) is 18.0 Å². The van der Waals surface area contributed by atoms with Crippen LogP contribution in [0, 0.1) is 0 Å². The van der Waals surface area contributed by atoms with Crippen molar-refractivity contribution < 1.29 is 22.7 Å². The second-order valence-corrected chi connectivity index (χ2v) is 6.08. The Balaban J connectivity index is 1.84. The molecule has 2 aromatic rings. The van der Waals surface area contributed by atoms with Gasteiger partial charge in [0.1, 0.15) is 10.3 Å². The lowest BCUT2D eigenvalue weighted by Gasteiger charge is -2.11. The molecule has 26 heavy (non-hydrogen) atoms. The molecule has 0 aromatic carbocycles. The van der Waals surface area contributed by atoms with E-state index in [1.807, 2.05) is 0 Å². The summed E-state index contributed by atoms with van der Waals surface area (Å²) in [7, 11) is 0. The minimum Gasteiger partial charge on any atom is -0.478 e. The van der Waals surface area contributed by atoms with E-state index in [2.05, 4.69) is 15.3 Å². The summed E-state index contributed by atoms with van der Waals surface area (Å²) in [5.41, 5.74) is -0.912. The van der Waals surface area contributed by atoms with Crippen molar-refractivity contribution in [1.29, 1.82) is 0 Å². The van der Waals surface area contributed by atoms with Crippen molar-refractivity contribution in [2.45, 2.75) is 12.6 Å².